The van der Waals surface area contributed by atoms with E-state index in [0.29, 0.717) is 0 Å². The molecule has 12 aromatic rings. The van der Waals surface area contributed by atoms with Crippen molar-refractivity contribution in [1.29, 1.82) is 0 Å². The van der Waals surface area contributed by atoms with E-state index in [-0.39, 0.29) is 12.1 Å². The number of rotatable bonds is 5. The van der Waals surface area contributed by atoms with Crippen molar-refractivity contribution in [1.82, 2.24) is 4.57 Å². The van der Waals surface area contributed by atoms with Gasteiger partial charge in [-0.3, -0.25) is 0 Å². The van der Waals surface area contributed by atoms with Crippen LogP contribution in [0.25, 0.3) is 71.7 Å². The van der Waals surface area contributed by atoms with Gasteiger partial charge < -0.3 is 18.8 Å². The second kappa shape index (κ2) is 16.7. The highest BCUT2D eigenvalue weighted by molar-refractivity contribution is 7.00. The van der Waals surface area contributed by atoms with E-state index in [9.17, 15) is 0 Å². The fraction of sp³-hybridized carbons (Fsp3) is 0.155. The molecule has 0 aliphatic carbocycles. The van der Waals surface area contributed by atoms with Gasteiger partial charge in [0.1, 0.15) is 11.2 Å². The van der Waals surface area contributed by atoms with Crippen LogP contribution in [-0.4, -0.2) is 11.3 Å². The number of benzene rings is 10. The molecule has 0 fully saturated rings. The predicted molar refractivity (Wildman–Crippen MR) is 325 cm³/mol. The molecule has 0 saturated heterocycles. The number of furan rings is 1. The van der Waals surface area contributed by atoms with Crippen LogP contribution in [-0.2, 0) is 5.41 Å². The first-order valence-corrected chi connectivity index (χ1v) is 26.9. The lowest BCUT2D eigenvalue weighted by Gasteiger charge is -2.46. The van der Waals surface area contributed by atoms with Crippen LogP contribution in [0, 0.1) is 48.5 Å². The Balaban J connectivity index is 1.07. The highest BCUT2D eigenvalue weighted by Crippen LogP contribution is 2.50. The fourth-order valence-corrected chi connectivity index (χ4v) is 13.5. The molecular formula is C71H60BN3O. The second-order valence-corrected chi connectivity index (χ2v) is 22.9. The molecule has 2 aliphatic rings. The molecule has 76 heavy (non-hydrogen) atoms. The molecule has 5 heteroatoms. The molecule has 0 spiro atoms. The van der Waals surface area contributed by atoms with Gasteiger partial charge in [-0.1, -0.05) is 142 Å². The average Bonchev–Trinajstić information content (AvgIpc) is 4.05. The minimum absolute atomic E-state index is 0.0568. The molecule has 2 aromatic heterocycles. The molecule has 0 unspecified atom stereocenters. The first kappa shape index (κ1) is 46.0. The first-order chi connectivity index (χ1) is 36.7. The van der Waals surface area contributed by atoms with Crippen LogP contribution < -0.4 is 26.2 Å². The van der Waals surface area contributed by atoms with Crippen molar-refractivity contribution in [3.8, 4) is 27.9 Å². The number of aromatic nitrogens is 1. The largest absolute Gasteiger partial charge is 0.455 e. The van der Waals surface area contributed by atoms with Crippen LogP contribution in [0.5, 0.6) is 0 Å². The lowest BCUT2D eigenvalue weighted by molar-refractivity contribution is 0.590. The van der Waals surface area contributed by atoms with Gasteiger partial charge in [0.15, 0.2) is 0 Å². The standard InChI is InChI=1S/C71H60BN3O/c1-41-32-63-66-64(33-41)75(68-44(4)34-49(35-45(68)5)48-22-12-11-13-23-48)62-40-60-56(53-24-14-16-28-59(53)73(60)67-42(2)20-18-21-43(67)3)39-58(62)72(66)57-31-30-51(71(8,9)10)38-61(57)74(63)69-46(6)36-50(37-47(69)7)52-26-19-27-55-54-25-15-17-29-65(54)76-70(52)55/h11-40H,1-10H3. The summed E-state index contributed by atoms with van der Waals surface area (Å²) < 4.78 is 9.19. The van der Waals surface area contributed by atoms with E-state index in [2.05, 4.69) is 266 Å². The van der Waals surface area contributed by atoms with E-state index < -0.39 is 0 Å². The third-order valence-corrected chi connectivity index (χ3v) is 16.8. The van der Waals surface area contributed by atoms with Gasteiger partial charge >= 0.3 is 0 Å². The Kier molecular flexibility index (Phi) is 10.1. The zero-order chi connectivity index (χ0) is 52.1. The summed E-state index contributed by atoms with van der Waals surface area (Å²) in [5.41, 5.74) is 31.3. The summed E-state index contributed by atoms with van der Waals surface area (Å²) in [6, 6.07) is 68.5. The molecule has 14 rings (SSSR count). The number of hydrogen-bond acceptors (Lipinski definition) is 3. The number of fused-ring (bicyclic) bond motifs is 10. The van der Waals surface area contributed by atoms with Gasteiger partial charge in [-0.05, 0) is 192 Å². The monoisotopic (exact) mass is 981 g/mol. The van der Waals surface area contributed by atoms with E-state index in [1.807, 2.05) is 0 Å². The zero-order valence-electron chi connectivity index (χ0n) is 45.1. The van der Waals surface area contributed by atoms with Crippen LogP contribution in [0.4, 0.5) is 34.1 Å². The molecule has 0 radical (unpaired) electrons. The van der Waals surface area contributed by atoms with E-state index in [4.69, 9.17) is 4.42 Å². The summed E-state index contributed by atoms with van der Waals surface area (Å²) in [4.78, 5) is 5.28. The highest BCUT2D eigenvalue weighted by atomic mass is 16.3. The number of anilines is 6. The fourth-order valence-electron chi connectivity index (χ4n) is 13.5. The summed E-state index contributed by atoms with van der Waals surface area (Å²) in [7, 11) is 0. The Bertz CT molecular complexity index is 4370. The highest BCUT2D eigenvalue weighted by Gasteiger charge is 2.45. The molecular weight excluding hydrogens is 922 g/mol. The zero-order valence-corrected chi connectivity index (χ0v) is 45.1. The Morgan fingerprint density at radius 3 is 1.64 bits per heavy atom. The predicted octanol–water partition coefficient (Wildman–Crippen LogP) is 17.6. The molecule has 0 N–H and O–H groups in total. The van der Waals surface area contributed by atoms with Gasteiger partial charge in [0, 0.05) is 49.9 Å². The van der Waals surface area contributed by atoms with Crippen LogP contribution in [0.3, 0.4) is 0 Å². The van der Waals surface area contributed by atoms with Crippen molar-refractivity contribution in [2.75, 3.05) is 9.80 Å². The minimum atomic E-state index is -0.0815. The van der Waals surface area contributed by atoms with Gasteiger partial charge in [0.25, 0.3) is 6.71 Å². The second-order valence-electron chi connectivity index (χ2n) is 22.9. The maximum Gasteiger partial charge on any atom is 0.252 e. The lowest BCUT2D eigenvalue weighted by atomic mass is 9.33. The van der Waals surface area contributed by atoms with Gasteiger partial charge in [-0.25, -0.2) is 0 Å². The number of para-hydroxylation sites is 4. The molecule has 4 nitrogen and oxygen atoms in total. The number of hydrogen-bond donors (Lipinski definition) is 0. The summed E-state index contributed by atoms with van der Waals surface area (Å²) >= 11 is 0. The first-order valence-electron chi connectivity index (χ1n) is 26.9. The molecule has 368 valence electrons. The topological polar surface area (TPSA) is 24.6 Å². The molecule has 0 amide bonds. The van der Waals surface area contributed by atoms with Crippen molar-refractivity contribution in [2.24, 2.45) is 0 Å². The summed E-state index contributed by atoms with van der Waals surface area (Å²) in [6.07, 6.45) is 0. The number of aryl methyl sites for hydroxylation is 7. The van der Waals surface area contributed by atoms with Gasteiger partial charge in [0.05, 0.1) is 28.1 Å². The van der Waals surface area contributed by atoms with Crippen molar-refractivity contribution >= 4 is 101 Å². The Hall–Kier alpha value is -8.54. The van der Waals surface area contributed by atoms with E-state index in [1.54, 1.807) is 0 Å². The Morgan fingerprint density at radius 1 is 0.395 bits per heavy atom. The van der Waals surface area contributed by atoms with Crippen molar-refractivity contribution in [3.63, 3.8) is 0 Å². The Morgan fingerprint density at radius 2 is 0.974 bits per heavy atom. The minimum Gasteiger partial charge on any atom is -0.455 e. The van der Waals surface area contributed by atoms with Gasteiger partial charge in [0.2, 0.25) is 0 Å². The average molecular weight is 982 g/mol. The van der Waals surface area contributed by atoms with Gasteiger partial charge in [-0.15, -0.1) is 0 Å². The summed E-state index contributed by atoms with van der Waals surface area (Å²) in [6.45, 7) is 23.0. The molecule has 0 atom stereocenters. The maximum absolute atomic E-state index is 6.65. The van der Waals surface area contributed by atoms with Crippen molar-refractivity contribution in [2.45, 2.75) is 74.7 Å². The number of nitrogens with zero attached hydrogens (tertiary/aromatic N) is 3. The molecule has 4 heterocycles. The van der Waals surface area contributed by atoms with Crippen LogP contribution in [0.1, 0.15) is 65.3 Å². The molecule has 2 aliphatic heterocycles. The molecule has 0 bridgehead atoms. The normalized spacial score (nSPS) is 13.1. The van der Waals surface area contributed by atoms with E-state index in [0.717, 1.165) is 33.1 Å². The third-order valence-electron chi connectivity index (χ3n) is 16.8. The summed E-state index contributed by atoms with van der Waals surface area (Å²) in [5, 5.41) is 4.80. The lowest BCUT2D eigenvalue weighted by Crippen LogP contribution is -2.61. The van der Waals surface area contributed by atoms with E-state index >= 15 is 0 Å². The molecule has 10 aromatic carbocycles. The van der Waals surface area contributed by atoms with Gasteiger partial charge in [-0.2, -0.15) is 0 Å². The SMILES string of the molecule is Cc1cc2c3c(c1)N(c1c(C)cc(-c4ccccc4)cc1C)c1cc4c(cc1B3c1ccc(C(C)(C)C)cc1N2c1c(C)cc(-c2cccc3c2oc2ccccc23)cc1C)c1ccccc1n4-c1c(C)cccc1C. The third kappa shape index (κ3) is 6.77. The van der Waals surface area contributed by atoms with Crippen LogP contribution in [0.2, 0.25) is 0 Å². The van der Waals surface area contributed by atoms with E-state index in [1.165, 1.54) is 134 Å². The van der Waals surface area contributed by atoms with Crippen molar-refractivity contribution < 1.29 is 4.42 Å². The molecule has 0 saturated carbocycles. The summed E-state index contributed by atoms with van der Waals surface area (Å²) in [5.74, 6) is 0. The quantitative estimate of drug-likeness (QED) is 0.161. The van der Waals surface area contributed by atoms with Crippen LogP contribution >= 0.6 is 0 Å². The van der Waals surface area contributed by atoms with Crippen molar-refractivity contribution in [3.05, 3.63) is 226 Å². The smallest absolute Gasteiger partial charge is 0.252 e. The Labute approximate surface area is 446 Å². The van der Waals surface area contributed by atoms with Crippen LogP contribution in [0.15, 0.2) is 186 Å². The maximum atomic E-state index is 6.65.